The van der Waals surface area contributed by atoms with E-state index in [1.54, 1.807) is 0 Å². The van der Waals surface area contributed by atoms with Crippen molar-refractivity contribution in [2.75, 3.05) is 28.2 Å². The van der Waals surface area contributed by atoms with Gasteiger partial charge in [-0.1, -0.05) is 0 Å². The first-order chi connectivity index (χ1) is 4.00. The van der Waals surface area contributed by atoms with Crippen molar-refractivity contribution in [1.29, 1.82) is 0 Å². The average molecular weight is 265 g/mol. The van der Waals surface area contributed by atoms with Crippen LogP contribution < -0.4 is 33.8 Å². The lowest BCUT2D eigenvalue weighted by atomic mass is 10.8. The Bertz CT molecular complexity index is 60.2. The van der Waals surface area contributed by atoms with Gasteiger partial charge in [0, 0.05) is 0 Å². The summed E-state index contributed by atoms with van der Waals surface area (Å²) in [7, 11) is 8.50. The second kappa shape index (κ2) is 4.42. The van der Waals surface area contributed by atoms with E-state index in [-0.39, 0.29) is 0 Å². The Hall–Kier alpha value is 0.530. The summed E-state index contributed by atoms with van der Waals surface area (Å²) >= 11 is -5.94. The number of quaternary nitrogens is 1. The molecule has 0 rings (SSSR count). The molecule has 6 heteroatoms. The van der Waals surface area contributed by atoms with Crippen molar-refractivity contribution in [3.05, 3.63) is 0 Å². The molecule has 0 aliphatic carbocycles. The van der Waals surface area contributed by atoms with Gasteiger partial charge in [0.1, 0.15) is 20.1 Å². The Balaban J connectivity index is 0. The molecule has 64 valence electrons. The van der Waals surface area contributed by atoms with Crippen LogP contribution >= 0.6 is 0 Å². The maximum absolute atomic E-state index is 8.62. The summed E-state index contributed by atoms with van der Waals surface area (Å²) in [4.78, 5) is 0. The highest BCUT2D eigenvalue weighted by Gasteiger charge is 1.94. The van der Waals surface area contributed by atoms with E-state index in [0.717, 1.165) is 4.48 Å². The van der Waals surface area contributed by atoms with Gasteiger partial charge < -0.3 is 4.48 Å². The van der Waals surface area contributed by atoms with Crippen LogP contribution in [0, 0.1) is 0 Å². The third kappa shape index (κ3) is 1720. The second-order valence-corrected chi connectivity index (χ2v) is 5.22. The number of halogens is 1. The summed E-state index contributed by atoms with van der Waals surface area (Å²) < 4.78 is 35.5. The van der Waals surface area contributed by atoms with Crippen molar-refractivity contribution in [3.63, 3.8) is 0 Å². The van der Waals surface area contributed by atoms with Crippen LogP contribution in [0.2, 0.25) is 0 Å². The van der Waals surface area contributed by atoms with Gasteiger partial charge in [-0.05, 0) is 0 Å². The molecule has 0 N–H and O–H groups in total. The lowest BCUT2D eigenvalue weighted by Crippen LogP contribution is -4.29. The highest BCUT2D eigenvalue weighted by atomic mass is 127. The Morgan fingerprint density at radius 2 is 0.800 bits per heavy atom. The molecule has 5 nitrogen and oxygen atoms in total. The summed E-state index contributed by atoms with van der Waals surface area (Å²) in [6, 6.07) is 0. The van der Waals surface area contributed by atoms with Gasteiger partial charge in [0.05, 0.1) is 28.2 Å². The SMILES string of the molecule is C[N+](C)(C)C.[O-][I+3]([O-])([O-])[O-]. The Morgan fingerprint density at radius 1 is 0.800 bits per heavy atom. The molecule has 0 fully saturated rings. The molecule has 0 saturated carbocycles. The van der Waals surface area contributed by atoms with Gasteiger partial charge in [-0.15, -0.1) is 0 Å². The van der Waals surface area contributed by atoms with Crippen LogP contribution in [0.15, 0.2) is 0 Å². The largest absolute Gasteiger partial charge is 0.333 e. The van der Waals surface area contributed by atoms with Gasteiger partial charge in [-0.2, -0.15) is 0 Å². The first-order valence-electron chi connectivity index (χ1n) is 2.41. The van der Waals surface area contributed by atoms with Crippen molar-refractivity contribution in [3.8, 4) is 0 Å². The van der Waals surface area contributed by atoms with Crippen LogP contribution in [0.3, 0.4) is 0 Å². The molecule has 0 aliphatic heterocycles. The maximum Gasteiger partial charge on any atom is 0.144 e. The maximum atomic E-state index is 8.62. The first kappa shape index (κ1) is 13.1. The number of hydrogen-bond donors (Lipinski definition) is 0. The van der Waals surface area contributed by atoms with E-state index in [1.165, 1.54) is 0 Å². The normalized spacial score (nSPS) is 12.0. The molecule has 0 aliphatic rings. The number of rotatable bonds is 0. The molecule has 0 radical (unpaired) electrons. The minimum Gasteiger partial charge on any atom is -0.333 e. The minimum absolute atomic E-state index is 1.00. The molecular formula is C4H12INO4. The molecule has 0 aromatic heterocycles. The molecule has 0 bridgehead atoms. The zero-order valence-electron chi connectivity index (χ0n) is 6.46. The highest BCUT2D eigenvalue weighted by Crippen LogP contribution is 1.73. The van der Waals surface area contributed by atoms with Crippen molar-refractivity contribution < 1.29 is 38.3 Å². The van der Waals surface area contributed by atoms with E-state index in [4.69, 9.17) is 13.7 Å². The summed E-state index contributed by atoms with van der Waals surface area (Å²) in [5.74, 6) is 0. The number of hydrogen-bond acceptors (Lipinski definition) is 4. The predicted molar refractivity (Wildman–Crippen MR) is 24.0 cm³/mol. The topological polar surface area (TPSA) is 92.2 Å². The van der Waals surface area contributed by atoms with Crippen molar-refractivity contribution in [2.24, 2.45) is 0 Å². The molecule has 10 heavy (non-hydrogen) atoms. The smallest absolute Gasteiger partial charge is 0.144 e. The molecule has 0 aromatic carbocycles. The van der Waals surface area contributed by atoms with Gasteiger partial charge in [-0.25, -0.2) is 0 Å². The third-order valence-corrected chi connectivity index (χ3v) is 0. The van der Waals surface area contributed by atoms with Crippen LogP contribution in [-0.4, -0.2) is 32.7 Å². The fraction of sp³-hybridized carbons (Fsp3) is 1.00. The molecule has 0 aromatic rings. The highest BCUT2D eigenvalue weighted by molar-refractivity contribution is 3.87. The summed E-state index contributed by atoms with van der Waals surface area (Å²) in [6.45, 7) is 0. The third-order valence-electron chi connectivity index (χ3n) is 0. The molecule has 0 amide bonds. The van der Waals surface area contributed by atoms with E-state index in [9.17, 15) is 0 Å². The first-order valence-corrected chi connectivity index (χ1v) is 5.93. The fourth-order valence-corrected chi connectivity index (χ4v) is 0. The molecule has 0 saturated heterocycles. The van der Waals surface area contributed by atoms with Gasteiger partial charge >= 0.3 is 0 Å². The summed E-state index contributed by atoms with van der Waals surface area (Å²) in [6.07, 6.45) is 0. The van der Waals surface area contributed by atoms with Crippen LogP contribution in [0.25, 0.3) is 0 Å². The Labute approximate surface area is 66.8 Å². The van der Waals surface area contributed by atoms with Gasteiger partial charge in [0.2, 0.25) is 0 Å². The average Bonchev–Trinajstić information content (AvgIpc) is 1.12. The van der Waals surface area contributed by atoms with Crippen molar-refractivity contribution in [2.45, 2.75) is 0 Å². The molecule has 0 unspecified atom stereocenters. The number of nitrogens with zero attached hydrogens (tertiary/aromatic N) is 1. The zero-order chi connectivity index (χ0) is 9.00. The van der Waals surface area contributed by atoms with Crippen LogP contribution in [0.4, 0.5) is 0 Å². The van der Waals surface area contributed by atoms with Crippen molar-refractivity contribution in [1.82, 2.24) is 0 Å². The van der Waals surface area contributed by atoms with E-state index in [0.29, 0.717) is 0 Å². The van der Waals surface area contributed by atoms with Crippen LogP contribution in [0.1, 0.15) is 0 Å². The monoisotopic (exact) mass is 265 g/mol. The minimum atomic E-state index is -5.94. The summed E-state index contributed by atoms with van der Waals surface area (Å²) in [5, 5.41) is 0. The van der Waals surface area contributed by atoms with E-state index >= 15 is 0 Å². The lowest BCUT2D eigenvalue weighted by Gasteiger charge is -2.14. The lowest BCUT2D eigenvalue weighted by molar-refractivity contribution is -2.00. The van der Waals surface area contributed by atoms with Crippen LogP contribution in [-0.2, 0) is 0 Å². The zero-order valence-corrected chi connectivity index (χ0v) is 8.62. The molecular weight excluding hydrogens is 253 g/mol. The molecule has 0 atom stereocenters. The van der Waals surface area contributed by atoms with E-state index < -0.39 is 20.1 Å². The molecule has 0 spiro atoms. The van der Waals surface area contributed by atoms with E-state index in [2.05, 4.69) is 28.2 Å². The van der Waals surface area contributed by atoms with Gasteiger partial charge in [0.25, 0.3) is 0 Å². The molecule has 0 heterocycles. The van der Waals surface area contributed by atoms with Gasteiger partial charge in [-0.3, -0.25) is 13.7 Å². The van der Waals surface area contributed by atoms with Crippen LogP contribution in [0.5, 0.6) is 0 Å². The Morgan fingerprint density at radius 3 is 0.800 bits per heavy atom. The quantitative estimate of drug-likeness (QED) is 0.321. The van der Waals surface area contributed by atoms with Gasteiger partial charge in [0.15, 0.2) is 0 Å². The van der Waals surface area contributed by atoms with Crippen molar-refractivity contribution >= 4 is 0 Å². The van der Waals surface area contributed by atoms with E-state index in [1.807, 2.05) is 0 Å². The second-order valence-electron chi connectivity index (χ2n) is 3.06. The summed E-state index contributed by atoms with van der Waals surface area (Å²) in [5.41, 5.74) is 0. The Kier molecular flexibility index (Phi) is 5.81. The fourth-order valence-electron chi connectivity index (χ4n) is 0. The standard InChI is InChI=1S/C4H12N.IO4/c1-5(2,3)4;2-1(3,4)5/h1-4H3;/q+1;-1. The predicted octanol–water partition coefficient (Wildman–Crippen LogP) is -7.43.